The summed E-state index contributed by atoms with van der Waals surface area (Å²) in [6, 6.07) is 9.35. The minimum atomic E-state index is -2.89. The Labute approximate surface area is 322 Å². The molecule has 0 radical (unpaired) electrons. The smallest absolute Gasteiger partial charge is 0.284 e. The van der Waals surface area contributed by atoms with Crippen molar-refractivity contribution in [3.63, 3.8) is 0 Å². The number of halogens is 3. The molecule has 15 nitrogen and oxygen atoms in total. The quantitative estimate of drug-likeness (QED) is 0.203. The normalized spacial score (nSPS) is 23.3. The lowest BCUT2D eigenvalue weighted by Gasteiger charge is -2.38. The Balaban J connectivity index is 0.818. The van der Waals surface area contributed by atoms with Crippen molar-refractivity contribution in [3.05, 3.63) is 65.7 Å². The van der Waals surface area contributed by atoms with E-state index in [0.29, 0.717) is 25.2 Å². The largest absolute Gasteiger partial charge is 0.369 e. The molecule has 0 saturated carbocycles. The van der Waals surface area contributed by atoms with Gasteiger partial charge in [0.2, 0.25) is 11.8 Å². The number of amides is 3. The van der Waals surface area contributed by atoms with Gasteiger partial charge in [-0.2, -0.15) is 10.2 Å². The number of piperidine rings is 3. The maximum Gasteiger partial charge on any atom is 0.284 e. The molecular weight excluding hydrogens is 729 g/mol. The van der Waals surface area contributed by atoms with E-state index in [0.717, 1.165) is 76.5 Å². The molecule has 3 aromatic heterocycles. The summed E-state index contributed by atoms with van der Waals surface area (Å²) in [5.41, 5.74) is 7.82. The van der Waals surface area contributed by atoms with Crippen LogP contribution < -0.4 is 26.2 Å². The van der Waals surface area contributed by atoms with E-state index in [1.54, 1.807) is 21.8 Å². The molecule has 4 aliphatic rings. The van der Waals surface area contributed by atoms with Crippen molar-refractivity contribution in [1.82, 2.24) is 39.5 Å². The number of piperazine rings is 1. The predicted octanol–water partition coefficient (Wildman–Crippen LogP) is 2.97. The van der Waals surface area contributed by atoms with Gasteiger partial charge in [0.1, 0.15) is 17.6 Å². The van der Waals surface area contributed by atoms with Crippen LogP contribution in [0.1, 0.15) is 72.1 Å². The van der Waals surface area contributed by atoms with Gasteiger partial charge in [0, 0.05) is 89.4 Å². The van der Waals surface area contributed by atoms with Gasteiger partial charge in [-0.15, -0.1) is 0 Å². The van der Waals surface area contributed by atoms with Gasteiger partial charge in [0.25, 0.3) is 12.3 Å². The third-order valence-electron chi connectivity index (χ3n) is 11.5. The molecule has 1 aromatic carbocycles. The standard InChI is InChI=1S/C38H47F3N12O3/c39-25-19-26(42)22-51(21-25)32-9-12-52-36(45-32)30(20-43-52)38(56)44-31-23-53(47-34(31)35(40)41)28-7-10-48(11-8-28)13-14-49-15-17-50(18-16-49)27-3-1-24(2-4-27)29-5-6-33(54)46-37(29)55/h1-4,9,12,20,23,25-26,28-29,35H,5-8,10-11,13-19,21-22,42H2,(H,44,56)(H,46,54,55)/t25-,26-,29?/m1/s1. The predicted molar refractivity (Wildman–Crippen MR) is 203 cm³/mol. The Morgan fingerprint density at radius 3 is 2.38 bits per heavy atom. The highest BCUT2D eigenvalue weighted by Gasteiger charge is 2.30. The van der Waals surface area contributed by atoms with Crippen molar-refractivity contribution in [2.75, 3.05) is 80.6 Å². The van der Waals surface area contributed by atoms with E-state index in [1.165, 1.54) is 16.9 Å². The second-order valence-electron chi connectivity index (χ2n) is 15.3. The molecule has 18 heteroatoms. The van der Waals surface area contributed by atoms with Crippen LogP contribution in [0.5, 0.6) is 0 Å². The van der Waals surface area contributed by atoms with Crippen molar-refractivity contribution in [2.45, 2.75) is 62.7 Å². The van der Waals surface area contributed by atoms with E-state index in [1.807, 2.05) is 12.1 Å². The summed E-state index contributed by atoms with van der Waals surface area (Å²) < 4.78 is 45.6. The highest BCUT2D eigenvalue weighted by Crippen LogP contribution is 2.31. The summed E-state index contributed by atoms with van der Waals surface area (Å²) in [6.45, 7) is 7.66. The first kappa shape index (κ1) is 37.8. The molecular formula is C38H47F3N12O3. The van der Waals surface area contributed by atoms with Gasteiger partial charge < -0.3 is 25.8 Å². The molecule has 0 bridgehead atoms. The zero-order chi connectivity index (χ0) is 38.9. The number of carbonyl (C=O) groups is 3. The van der Waals surface area contributed by atoms with E-state index >= 15 is 0 Å². The first-order valence-corrected chi connectivity index (χ1v) is 19.4. The van der Waals surface area contributed by atoms with Gasteiger partial charge in [-0.25, -0.2) is 22.7 Å². The number of imide groups is 1. The topological polar surface area (TPSA) is 162 Å². The van der Waals surface area contributed by atoms with E-state index in [2.05, 4.69) is 52.6 Å². The lowest BCUT2D eigenvalue weighted by molar-refractivity contribution is -0.134. The molecule has 4 fully saturated rings. The summed E-state index contributed by atoms with van der Waals surface area (Å²) in [6.07, 6.45) is 3.09. The number of likely N-dealkylation sites (tertiary alicyclic amines) is 1. The van der Waals surface area contributed by atoms with Crippen molar-refractivity contribution < 1.29 is 27.6 Å². The first-order valence-electron chi connectivity index (χ1n) is 19.4. The monoisotopic (exact) mass is 776 g/mol. The molecule has 0 spiro atoms. The summed E-state index contributed by atoms with van der Waals surface area (Å²) in [5.74, 6) is -0.916. The Bertz CT molecular complexity index is 2030. The Hall–Kier alpha value is -5.07. The summed E-state index contributed by atoms with van der Waals surface area (Å²) in [5, 5.41) is 13.5. The van der Waals surface area contributed by atoms with E-state index in [-0.39, 0.29) is 59.7 Å². The minimum absolute atomic E-state index is 0.0605. The maximum absolute atomic E-state index is 14.2. The van der Waals surface area contributed by atoms with Crippen molar-refractivity contribution >= 4 is 40.6 Å². The number of nitrogens with one attached hydrogen (secondary N) is 2. The summed E-state index contributed by atoms with van der Waals surface area (Å²) in [4.78, 5) is 50.7. The number of nitrogens with zero attached hydrogens (tertiary/aromatic N) is 9. The van der Waals surface area contributed by atoms with Crippen LogP contribution >= 0.6 is 0 Å². The van der Waals surface area contributed by atoms with Gasteiger partial charge >= 0.3 is 0 Å². The molecule has 298 valence electrons. The molecule has 4 N–H and O–H groups in total. The van der Waals surface area contributed by atoms with Crippen LogP contribution in [-0.4, -0.2) is 130 Å². The summed E-state index contributed by atoms with van der Waals surface area (Å²) in [7, 11) is 0. The number of nitrogens with two attached hydrogens (primary N) is 1. The molecule has 1 unspecified atom stereocenters. The SMILES string of the molecule is N[C@@H]1C[C@@H](F)CN(c2ccn3ncc(C(=O)Nc4cn(C5CCN(CCN6CCN(c7ccc(C8CCC(=O)NC8=O)cc7)CC6)CC5)nc4C(F)F)c3n2)C1. The lowest BCUT2D eigenvalue weighted by atomic mass is 9.90. The molecule has 3 atom stereocenters. The zero-order valence-corrected chi connectivity index (χ0v) is 31.1. The van der Waals surface area contributed by atoms with Crippen LogP contribution in [0.15, 0.2) is 48.9 Å². The first-order chi connectivity index (χ1) is 27.1. The van der Waals surface area contributed by atoms with Crippen LogP contribution in [-0.2, 0) is 9.59 Å². The number of fused-ring (bicyclic) bond motifs is 1. The molecule has 0 aliphatic carbocycles. The number of aromatic nitrogens is 5. The van der Waals surface area contributed by atoms with Crippen LogP contribution in [0.4, 0.5) is 30.4 Å². The van der Waals surface area contributed by atoms with E-state index < -0.39 is 24.2 Å². The number of anilines is 3. The average molecular weight is 777 g/mol. The molecule has 3 amide bonds. The van der Waals surface area contributed by atoms with Gasteiger partial charge in [0.05, 0.1) is 30.4 Å². The van der Waals surface area contributed by atoms with Crippen LogP contribution in [0, 0.1) is 0 Å². The average Bonchev–Trinajstić information content (AvgIpc) is 3.82. The van der Waals surface area contributed by atoms with Gasteiger partial charge in [0.15, 0.2) is 11.3 Å². The zero-order valence-electron chi connectivity index (χ0n) is 31.1. The van der Waals surface area contributed by atoms with Crippen LogP contribution in [0.3, 0.4) is 0 Å². The lowest BCUT2D eigenvalue weighted by Crippen LogP contribution is -2.49. The molecule has 7 heterocycles. The Morgan fingerprint density at radius 2 is 1.68 bits per heavy atom. The fourth-order valence-corrected chi connectivity index (χ4v) is 8.35. The minimum Gasteiger partial charge on any atom is -0.369 e. The fourth-order valence-electron chi connectivity index (χ4n) is 8.35. The highest BCUT2D eigenvalue weighted by atomic mass is 19.3. The molecule has 4 aliphatic heterocycles. The number of alkyl halides is 3. The van der Waals surface area contributed by atoms with Crippen molar-refractivity contribution in [2.24, 2.45) is 5.73 Å². The highest BCUT2D eigenvalue weighted by molar-refractivity contribution is 6.08. The summed E-state index contributed by atoms with van der Waals surface area (Å²) >= 11 is 0. The molecule has 4 saturated heterocycles. The van der Waals surface area contributed by atoms with Gasteiger partial charge in [-0.05, 0) is 49.4 Å². The number of hydrogen-bond acceptors (Lipinski definition) is 11. The van der Waals surface area contributed by atoms with Crippen molar-refractivity contribution in [1.29, 1.82) is 0 Å². The number of hydrogen-bond donors (Lipinski definition) is 3. The number of benzene rings is 1. The van der Waals surface area contributed by atoms with E-state index in [9.17, 15) is 27.6 Å². The second kappa shape index (κ2) is 16.2. The maximum atomic E-state index is 14.2. The third-order valence-corrected chi connectivity index (χ3v) is 11.5. The number of carbonyl (C=O) groups excluding carboxylic acids is 3. The second-order valence-corrected chi connectivity index (χ2v) is 15.3. The molecule has 8 rings (SSSR count). The Kier molecular flexibility index (Phi) is 10.9. The Morgan fingerprint density at radius 1 is 0.946 bits per heavy atom. The van der Waals surface area contributed by atoms with E-state index in [4.69, 9.17) is 5.73 Å². The third kappa shape index (κ3) is 8.22. The van der Waals surface area contributed by atoms with Gasteiger partial charge in [-0.1, -0.05) is 12.1 Å². The number of rotatable bonds is 10. The van der Waals surface area contributed by atoms with Gasteiger partial charge in [-0.3, -0.25) is 29.3 Å². The van der Waals surface area contributed by atoms with Crippen LogP contribution in [0.25, 0.3) is 5.65 Å². The fraction of sp³-hybridized carbons (Fsp3) is 0.526. The van der Waals surface area contributed by atoms with Crippen LogP contribution in [0.2, 0.25) is 0 Å². The van der Waals surface area contributed by atoms with Crippen molar-refractivity contribution in [3.8, 4) is 0 Å². The molecule has 56 heavy (non-hydrogen) atoms. The molecule has 4 aromatic rings.